The SMILES string of the molecule is CCC(NC(=O)c1cc(SCCC(=O)O)c2c(C)cccc2c1O)Oc1ccc(C)cc1C. The van der Waals surface area contributed by atoms with Crippen molar-refractivity contribution in [2.45, 2.75) is 51.7 Å². The molecule has 0 fully saturated rings. The lowest BCUT2D eigenvalue weighted by Crippen LogP contribution is -2.38. The third-order valence-electron chi connectivity index (χ3n) is 5.39. The number of aryl methyl sites for hydroxylation is 3. The number of nitrogens with one attached hydrogen (secondary N) is 1. The number of thioether (sulfide) groups is 1. The highest BCUT2D eigenvalue weighted by Crippen LogP contribution is 2.38. The van der Waals surface area contributed by atoms with Crippen molar-refractivity contribution in [2.24, 2.45) is 0 Å². The normalized spacial score (nSPS) is 11.9. The molecule has 3 aromatic rings. The number of rotatable bonds is 9. The minimum atomic E-state index is -0.880. The fourth-order valence-electron chi connectivity index (χ4n) is 3.67. The number of aliphatic carboxylic acids is 1. The Bertz CT molecular complexity index is 1190. The van der Waals surface area contributed by atoms with E-state index in [1.54, 1.807) is 12.1 Å². The second-order valence-corrected chi connectivity index (χ2v) is 9.15. The predicted octanol–water partition coefficient (Wildman–Crippen LogP) is 5.58. The Morgan fingerprint density at radius 2 is 1.85 bits per heavy atom. The first-order valence-electron chi connectivity index (χ1n) is 10.9. The molecule has 7 heteroatoms. The number of carbonyl (C=O) groups is 2. The van der Waals surface area contributed by atoms with Crippen LogP contribution in [0.2, 0.25) is 0 Å². The van der Waals surface area contributed by atoms with Gasteiger partial charge in [-0.2, -0.15) is 0 Å². The second-order valence-electron chi connectivity index (χ2n) is 8.02. The minimum Gasteiger partial charge on any atom is -0.506 e. The van der Waals surface area contributed by atoms with Crippen LogP contribution in [0.25, 0.3) is 10.8 Å². The van der Waals surface area contributed by atoms with Crippen molar-refractivity contribution >= 4 is 34.4 Å². The zero-order valence-electron chi connectivity index (χ0n) is 19.3. The van der Waals surface area contributed by atoms with Crippen LogP contribution in [0.15, 0.2) is 47.4 Å². The lowest BCUT2D eigenvalue weighted by Gasteiger charge is -2.21. The van der Waals surface area contributed by atoms with Gasteiger partial charge in [-0.25, -0.2) is 0 Å². The predicted molar refractivity (Wildman–Crippen MR) is 131 cm³/mol. The van der Waals surface area contributed by atoms with Crippen LogP contribution in [0.1, 0.15) is 46.8 Å². The number of carbonyl (C=O) groups excluding carboxylic acids is 1. The maximum Gasteiger partial charge on any atom is 0.304 e. The topological polar surface area (TPSA) is 95.9 Å². The molecule has 1 amide bonds. The fraction of sp³-hybridized carbons (Fsp3) is 0.308. The number of benzene rings is 3. The van der Waals surface area contributed by atoms with Crippen LogP contribution < -0.4 is 10.1 Å². The van der Waals surface area contributed by atoms with E-state index in [-0.39, 0.29) is 17.7 Å². The van der Waals surface area contributed by atoms with E-state index in [0.717, 1.165) is 27.0 Å². The van der Waals surface area contributed by atoms with E-state index in [1.165, 1.54) is 11.8 Å². The molecule has 1 unspecified atom stereocenters. The maximum atomic E-state index is 13.2. The first-order valence-corrected chi connectivity index (χ1v) is 11.8. The monoisotopic (exact) mass is 467 g/mol. The van der Waals surface area contributed by atoms with E-state index >= 15 is 0 Å². The highest BCUT2D eigenvalue weighted by Gasteiger charge is 2.21. The maximum absolute atomic E-state index is 13.2. The molecule has 0 aliphatic rings. The molecule has 0 radical (unpaired) electrons. The van der Waals surface area contributed by atoms with E-state index < -0.39 is 18.1 Å². The average Bonchev–Trinajstić information content (AvgIpc) is 2.76. The van der Waals surface area contributed by atoms with Gasteiger partial charge in [0.2, 0.25) is 0 Å². The quantitative estimate of drug-likeness (QED) is 0.281. The van der Waals surface area contributed by atoms with Crippen LogP contribution in [-0.2, 0) is 4.79 Å². The minimum absolute atomic E-state index is 0.00208. The van der Waals surface area contributed by atoms with E-state index in [1.807, 2.05) is 58.0 Å². The highest BCUT2D eigenvalue weighted by atomic mass is 32.2. The van der Waals surface area contributed by atoms with E-state index in [0.29, 0.717) is 23.3 Å². The summed E-state index contributed by atoms with van der Waals surface area (Å²) < 4.78 is 6.03. The summed E-state index contributed by atoms with van der Waals surface area (Å²) in [6.07, 6.45) is -0.0379. The van der Waals surface area contributed by atoms with Crippen molar-refractivity contribution in [1.29, 1.82) is 0 Å². The zero-order valence-corrected chi connectivity index (χ0v) is 20.1. The summed E-state index contributed by atoms with van der Waals surface area (Å²) in [5, 5.41) is 24.2. The first kappa shape index (κ1) is 24.5. The molecule has 6 nitrogen and oxygen atoms in total. The number of fused-ring (bicyclic) bond motifs is 1. The molecule has 0 spiro atoms. The van der Waals surface area contributed by atoms with Gasteiger partial charge in [0.25, 0.3) is 5.91 Å². The van der Waals surface area contributed by atoms with Crippen molar-refractivity contribution in [3.8, 4) is 11.5 Å². The summed E-state index contributed by atoms with van der Waals surface area (Å²) in [5.74, 6) is -0.383. The Kier molecular flexibility index (Phi) is 7.87. The van der Waals surface area contributed by atoms with Gasteiger partial charge in [0, 0.05) is 27.8 Å². The number of phenols is 1. The summed E-state index contributed by atoms with van der Waals surface area (Å²) in [7, 11) is 0. The van der Waals surface area contributed by atoms with E-state index in [4.69, 9.17) is 9.84 Å². The Hall–Kier alpha value is -3.19. The van der Waals surface area contributed by atoms with Crippen molar-refractivity contribution in [1.82, 2.24) is 5.32 Å². The average molecular weight is 468 g/mol. The lowest BCUT2D eigenvalue weighted by molar-refractivity contribution is -0.136. The smallest absolute Gasteiger partial charge is 0.304 e. The van der Waals surface area contributed by atoms with Gasteiger partial charge < -0.3 is 20.3 Å². The molecule has 0 saturated carbocycles. The Morgan fingerprint density at radius 1 is 1.09 bits per heavy atom. The van der Waals surface area contributed by atoms with Crippen molar-refractivity contribution < 1.29 is 24.5 Å². The molecular formula is C26H29NO5S. The largest absolute Gasteiger partial charge is 0.506 e. The number of amides is 1. The van der Waals surface area contributed by atoms with Gasteiger partial charge in [-0.1, -0.05) is 42.8 Å². The van der Waals surface area contributed by atoms with Crippen LogP contribution >= 0.6 is 11.8 Å². The molecule has 33 heavy (non-hydrogen) atoms. The molecule has 0 aliphatic carbocycles. The van der Waals surface area contributed by atoms with E-state index in [2.05, 4.69) is 5.32 Å². The van der Waals surface area contributed by atoms with Gasteiger partial charge in [-0.3, -0.25) is 9.59 Å². The Morgan fingerprint density at radius 3 is 2.52 bits per heavy atom. The number of carboxylic acids is 1. The fourth-order valence-corrected chi connectivity index (χ4v) is 4.78. The first-order chi connectivity index (χ1) is 15.7. The second kappa shape index (κ2) is 10.6. The van der Waals surface area contributed by atoms with Crippen LogP contribution in [0.4, 0.5) is 0 Å². The molecule has 3 N–H and O–H groups in total. The number of ether oxygens (including phenoxy) is 1. The number of carboxylic acid groups (broad SMARTS) is 1. The van der Waals surface area contributed by atoms with Crippen molar-refractivity contribution in [3.05, 3.63) is 64.7 Å². The Labute approximate surface area is 198 Å². The van der Waals surface area contributed by atoms with Crippen LogP contribution in [-0.4, -0.2) is 34.1 Å². The molecule has 3 rings (SSSR count). The third-order valence-corrected chi connectivity index (χ3v) is 6.43. The van der Waals surface area contributed by atoms with Crippen molar-refractivity contribution in [3.63, 3.8) is 0 Å². The third kappa shape index (κ3) is 5.79. The summed E-state index contributed by atoms with van der Waals surface area (Å²) in [5.41, 5.74) is 3.18. The molecule has 0 bridgehead atoms. The summed E-state index contributed by atoms with van der Waals surface area (Å²) in [6, 6.07) is 13.0. The van der Waals surface area contributed by atoms with Gasteiger partial charge in [-0.05, 0) is 44.0 Å². The number of aromatic hydroxyl groups is 1. The van der Waals surface area contributed by atoms with Crippen LogP contribution in [0, 0.1) is 20.8 Å². The standard InChI is InChI=1S/C26H29NO5S/c1-5-22(32-20-10-9-15(2)13-17(20)4)27-26(31)19-14-21(33-12-11-23(28)29)24-16(3)7-6-8-18(24)25(19)30/h6-10,13-14,22,30H,5,11-12H2,1-4H3,(H,27,31)(H,28,29). The van der Waals surface area contributed by atoms with Gasteiger partial charge in [0.1, 0.15) is 11.5 Å². The molecule has 174 valence electrons. The van der Waals surface area contributed by atoms with Crippen LogP contribution in [0.3, 0.4) is 0 Å². The van der Waals surface area contributed by atoms with Crippen molar-refractivity contribution in [2.75, 3.05) is 5.75 Å². The summed E-state index contributed by atoms with van der Waals surface area (Å²) in [6.45, 7) is 7.79. The molecular weight excluding hydrogens is 438 g/mol. The molecule has 1 atom stereocenters. The Balaban J connectivity index is 1.91. The van der Waals surface area contributed by atoms with Gasteiger partial charge in [0.05, 0.1) is 12.0 Å². The molecule has 0 saturated heterocycles. The molecule has 0 aromatic heterocycles. The molecule has 0 heterocycles. The van der Waals surface area contributed by atoms with Gasteiger partial charge >= 0.3 is 5.97 Å². The number of hydrogen-bond donors (Lipinski definition) is 3. The summed E-state index contributed by atoms with van der Waals surface area (Å²) in [4.78, 5) is 24.9. The lowest BCUT2D eigenvalue weighted by atomic mass is 10.0. The van der Waals surface area contributed by atoms with Crippen LogP contribution in [0.5, 0.6) is 11.5 Å². The number of phenolic OH excluding ortho intramolecular Hbond substituents is 1. The zero-order chi connectivity index (χ0) is 24.1. The highest BCUT2D eigenvalue weighted by molar-refractivity contribution is 7.99. The van der Waals surface area contributed by atoms with Gasteiger partial charge in [-0.15, -0.1) is 11.8 Å². The molecule has 3 aromatic carbocycles. The molecule has 0 aliphatic heterocycles. The number of hydrogen-bond acceptors (Lipinski definition) is 5. The van der Waals surface area contributed by atoms with Gasteiger partial charge in [0.15, 0.2) is 6.23 Å². The van der Waals surface area contributed by atoms with E-state index in [9.17, 15) is 14.7 Å². The summed E-state index contributed by atoms with van der Waals surface area (Å²) >= 11 is 1.36.